The van der Waals surface area contributed by atoms with Gasteiger partial charge < -0.3 is 9.26 Å². The number of nitrogens with zero attached hydrogens (tertiary/aromatic N) is 6. The number of hydrogen-bond donors (Lipinski definition) is 0. The van der Waals surface area contributed by atoms with E-state index in [0.717, 1.165) is 26.1 Å². The Hall–Kier alpha value is -1.83. The molecule has 2 aromatic rings. The van der Waals surface area contributed by atoms with Gasteiger partial charge in [-0.05, 0) is 38.8 Å². The quantitative estimate of drug-likeness (QED) is 0.819. The van der Waals surface area contributed by atoms with Crippen LogP contribution in [0.2, 0.25) is 0 Å². The van der Waals surface area contributed by atoms with E-state index in [9.17, 15) is 0 Å². The van der Waals surface area contributed by atoms with Crippen molar-refractivity contribution in [1.82, 2.24) is 30.3 Å². The summed E-state index contributed by atoms with van der Waals surface area (Å²) in [6.07, 6.45) is 1.84. The molecule has 0 saturated carbocycles. The minimum Gasteiger partial charge on any atom is -0.381 e. The van der Waals surface area contributed by atoms with Crippen molar-refractivity contribution in [2.75, 3.05) is 13.2 Å². The molecule has 0 bridgehead atoms. The van der Waals surface area contributed by atoms with E-state index in [1.165, 1.54) is 0 Å². The van der Waals surface area contributed by atoms with E-state index >= 15 is 0 Å². The van der Waals surface area contributed by atoms with E-state index in [4.69, 9.17) is 9.26 Å². The Morgan fingerprint density at radius 2 is 1.95 bits per heavy atom. The molecule has 20 heavy (non-hydrogen) atoms. The van der Waals surface area contributed by atoms with Crippen molar-refractivity contribution in [2.24, 2.45) is 0 Å². The molecule has 0 atom stereocenters. The maximum atomic E-state index is 5.33. The summed E-state index contributed by atoms with van der Waals surface area (Å²) in [4.78, 5) is 5.93. The Kier molecular flexibility index (Phi) is 3.25. The highest BCUT2D eigenvalue weighted by Crippen LogP contribution is 2.26. The highest BCUT2D eigenvalue weighted by atomic mass is 16.5. The van der Waals surface area contributed by atoms with Gasteiger partial charge in [0.25, 0.3) is 11.7 Å². The van der Waals surface area contributed by atoms with Gasteiger partial charge in [0.15, 0.2) is 5.82 Å². The summed E-state index contributed by atoms with van der Waals surface area (Å²) >= 11 is 0. The average Bonchev–Trinajstić information content (AvgIpc) is 3.08. The number of ether oxygens (including phenoxy) is 1. The molecule has 0 N–H and O–H groups in total. The van der Waals surface area contributed by atoms with Gasteiger partial charge in [-0.25, -0.2) is 0 Å². The predicted octanol–water partition coefficient (Wildman–Crippen LogP) is 1.37. The van der Waals surface area contributed by atoms with Crippen LogP contribution in [0.5, 0.6) is 0 Å². The Morgan fingerprint density at radius 3 is 2.60 bits per heavy atom. The summed E-state index contributed by atoms with van der Waals surface area (Å²) in [6, 6.07) is 0. The minimum absolute atomic E-state index is 0.227. The van der Waals surface area contributed by atoms with Crippen LogP contribution in [-0.2, 0) is 10.3 Å². The standard InChI is InChI=1S/C12H18N6O2/c1-12(2,3)18-15-10(14-17-18)11-13-9(16-20-11)8-4-6-19-7-5-8/h8H,4-7H2,1-3H3. The summed E-state index contributed by atoms with van der Waals surface area (Å²) in [7, 11) is 0. The Balaban J connectivity index is 1.81. The molecule has 0 unspecified atom stereocenters. The molecule has 1 fully saturated rings. The summed E-state index contributed by atoms with van der Waals surface area (Å²) in [5.74, 6) is 1.68. The SMILES string of the molecule is CC(C)(C)n1nnc(-c2nc(C3CCOCC3)no2)n1. The lowest BCUT2D eigenvalue weighted by Gasteiger charge is -2.18. The van der Waals surface area contributed by atoms with Gasteiger partial charge in [0.1, 0.15) is 0 Å². The Labute approximate surface area is 116 Å². The minimum atomic E-state index is -0.227. The lowest BCUT2D eigenvalue weighted by atomic mass is 10.00. The van der Waals surface area contributed by atoms with Crippen LogP contribution >= 0.6 is 0 Å². The van der Waals surface area contributed by atoms with Crippen LogP contribution in [0.3, 0.4) is 0 Å². The largest absolute Gasteiger partial charge is 0.381 e. The zero-order valence-corrected chi connectivity index (χ0v) is 11.9. The first-order chi connectivity index (χ1) is 9.54. The average molecular weight is 278 g/mol. The summed E-state index contributed by atoms with van der Waals surface area (Å²) in [6.45, 7) is 7.49. The molecule has 3 heterocycles. The second-order valence-electron chi connectivity index (χ2n) is 5.92. The second-order valence-corrected chi connectivity index (χ2v) is 5.92. The van der Waals surface area contributed by atoms with Crippen LogP contribution in [0.1, 0.15) is 45.4 Å². The van der Waals surface area contributed by atoms with Gasteiger partial charge in [0.2, 0.25) is 0 Å². The molecule has 2 aromatic heterocycles. The molecule has 0 aromatic carbocycles. The smallest absolute Gasteiger partial charge is 0.299 e. The molecule has 8 heteroatoms. The molecule has 0 spiro atoms. The zero-order valence-electron chi connectivity index (χ0n) is 11.9. The van der Waals surface area contributed by atoms with Crippen LogP contribution < -0.4 is 0 Å². The van der Waals surface area contributed by atoms with E-state index in [-0.39, 0.29) is 5.54 Å². The maximum Gasteiger partial charge on any atom is 0.299 e. The van der Waals surface area contributed by atoms with Crippen LogP contribution in [-0.4, -0.2) is 43.6 Å². The molecule has 8 nitrogen and oxygen atoms in total. The van der Waals surface area contributed by atoms with Gasteiger partial charge in [-0.1, -0.05) is 5.16 Å². The molecule has 0 amide bonds. The number of tetrazole rings is 1. The highest BCUT2D eigenvalue weighted by Gasteiger charge is 2.24. The van der Waals surface area contributed by atoms with Gasteiger partial charge in [-0.3, -0.25) is 0 Å². The molecular weight excluding hydrogens is 260 g/mol. The fraction of sp³-hybridized carbons (Fsp3) is 0.750. The fourth-order valence-electron chi connectivity index (χ4n) is 2.03. The van der Waals surface area contributed by atoms with Crippen LogP contribution in [0.15, 0.2) is 4.52 Å². The van der Waals surface area contributed by atoms with Gasteiger partial charge in [-0.2, -0.15) is 9.78 Å². The first-order valence-electron chi connectivity index (χ1n) is 6.76. The van der Waals surface area contributed by atoms with E-state index < -0.39 is 0 Å². The third-order valence-corrected chi connectivity index (χ3v) is 3.23. The van der Waals surface area contributed by atoms with E-state index in [1.54, 1.807) is 4.80 Å². The van der Waals surface area contributed by atoms with Crippen molar-refractivity contribution in [3.05, 3.63) is 5.82 Å². The third-order valence-electron chi connectivity index (χ3n) is 3.23. The first-order valence-corrected chi connectivity index (χ1v) is 6.76. The molecule has 1 saturated heterocycles. The highest BCUT2D eigenvalue weighted by molar-refractivity contribution is 5.37. The topological polar surface area (TPSA) is 91.8 Å². The maximum absolute atomic E-state index is 5.33. The molecular formula is C12H18N6O2. The molecule has 0 radical (unpaired) electrons. The van der Waals surface area contributed by atoms with Gasteiger partial charge in [-0.15, -0.1) is 10.2 Å². The number of hydrogen-bond acceptors (Lipinski definition) is 7. The van der Waals surface area contributed by atoms with E-state index in [0.29, 0.717) is 23.5 Å². The van der Waals surface area contributed by atoms with Crippen molar-refractivity contribution in [1.29, 1.82) is 0 Å². The fourth-order valence-corrected chi connectivity index (χ4v) is 2.03. The molecule has 108 valence electrons. The van der Waals surface area contributed by atoms with Crippen molar-refractivity contribution >= 4 is 0 Å². The molecule has 0 aliphatic carbocycles. The summed E-state index contributed by atoms with van der Waals surface area (Å²) in [5, 5.41) is 16.3. The van der Waals surface area contributed by atoms with Crippen molar-refractivity contribution in [2.45, 2.75) is 45.1 Å². The lowest BCUT2D eigenvalue weighted by molar-refractivity contribution is 0.0830. The zero-order chi connectivity index (χ0) is 14.2. The second kappa shape index (κ2) is 4.93. The van der Waals surface area contributed by atoms with E-state index in [2.05, 4.69) is 25.6 Å². The van der Waals surface area contributed by atoms with E-state index in [1.807, 2.05) is 20.8 Å². The Bertz CT molecular complexity index is 579. The van der Waals surface area contributed by atoms with Crippen molar-refractivity contribution in [3.63, 3.8) is 0 Å². The molecule has 3 rings (SSSR count). The molecule has 1 aliphatic rings. The number of aromatic nitrogens is 6. The van der Waals surface area contributed by atoms with Gasteiger partial charge in [0.05, 0.1) is 5.54 Å². The summed E-state index contributed by atoms with van der Waals surface area (Å²) in [5.41, 5.74) is -0.227. The van der Waals surface area contributed by atoms with Crippen molar-refractivity contribution in [3.8, 4) is 11.7 Å². The van der Waals surface area contributed by atoms with Gasteiger partial charge in [0, 0.05) is 19.1 Å². The monoisotopic (exact) mass is 278 g/mol. The van der Waals surface area contributed by atoms with Crippen molar-refractivity contribution < 1.29 is 9.26 Å². The normalized spacial score (nSPS) is 17.6. The first kappa shape index (κ1) is 13.2. The number of rotatable bonds is 2. The van der Waals surface area contributed by atoms with Gasteiger partial charge >= 0.3 is 0 Å². The van der Waals surface area contributed by atoms with Crippen LogP contribution in [0.25, 0.3) is 11.7 Å². The third kappa shape index (κ3) is 2.55. The molecule has 1 aliphatic heterocycles. The van der Waals surface area contributed by atoms with Crippen LogP contribution in [0, 0.1) is 0 Å². The summed E-state index contributed by atoms with van der Waals surface area (Å²) < 4.78 is 10.6. The Morgan fingerprint density at radius 1 is 1.20 bits per heavy atom. The van der Waals surface area contributed by atoms with Crippen LogP contribution in [0.4, 0.5) is 0 Å². The lowest BCUT2D eigenvalue weighted by Crippen LogP contribution is -2.24. The predicted molar refractivity (Wildman–Crippen MR) is 68.9 cm³/mol.